The van der Waals surface area contributed by atoms with Crippen LogP contribution in [0.2, 0.25) is 5.02 Å². The molecule has 2 atom stereocenters. The molecule has 1 amide bonds. The van der Waals surface area contributed by atoms with Gasteiger partial charge in [0.25, 0.3) is 0 Å². The Morgan fingerprint density at radius 3 is 2.88 bits per heavy atom. The van der Waals surface area contributed by atoms with Crippen LogP contribution in [-0.2, 0) is 4.79 Å². The van der Waals surface area contributed by atoms with Crippen LogP contribution in [0.15, 0.2) is 29.3 Å². The van der Waals surface area contributed by atoms with Gasteiger partial charge in [-0.3, -0.25) is 4.79 Å². The summed E-state index contributed by atoms with van der Waals surface area (Å²) in [5.41, 5.74) is 0. The summed E-state index contributed by atoms with van der Waals surface area (Å²) in [6.45, 7) is 5.86. The molecule has 2 unspecified atom stereocenters. The number of hydrogen-bond donors (Lipinski definition) is 3. The molecule has 25 heavy (non-hydrogen) atoms. The molecule has 0 radical (unpaired) electrons. The van der Waals surface area contributed by atoms with Crippen LogP contribution >= 0.6 is 35.6 Å². The van der Waals surface area contributed by atoms with Gasteiger partial charge in [-0.1, -0.05) is 23.7 Å². The first-order valence-electron chi connectivity index (χ1n) is 8.31. The number of carbonyl (C=O) groups excluding carboxylic acids is 1. The Morgan fingerprint density at radius 2 is 2.24 bits per heavy atom. The van der Waals surface area contributed by atoms with Gasteiger partial charge in [0.15, 0.2) is 5.96 Å². The van der Waals surface area contributed by atoms with Crippen LogP contribution in [0.3, 0.4) is 0 Å². The fourth-order valence-corrected chi connectivity index (χ4v) is 2.56. The van der Waals surface area contributed by atoms with Gasteiger partial charge in [0.1, 0.15) is 11.9 Å². The molecule has 1 heterocycles. The summed E-state index contributed by atoms with van der Waals surface area (Å²) in [7, 11) is 0. The third-order valence-corrected chi connectivity index (χ3v) is 3.93. The van der Waals surface area contributed by atoms with E-state index in [2.05, 4.69) is 20.9 Å². The Bertz CT molecular complexity index is 576. The maximum absolute atomic E-state index is 11.2. The van der Waals surface area contributed by atoms with Crippen LogP contribution in [0.4, 0.5) is 0 Å². The number of nitrogens with one attached hydrogen (secondary N) is 3. The van der Waals surface area contributed by atoms with E-state index in [0.29, 0.717) is 30.3 Å². The standard InChI is InChI=1S/C17H25ClN4O2.HI/c1-3-19-17(22-13-8-9-16(23)20-11-13)21-10-12(2)24-15-7-5-4-6-14(15)18;/h4-7,12-13H,3,8-11H2,1-2H3,(H,20,23)(H2,19,21,22);1H. The lowest BCUT2D eigenvalue weighted by atomic mass is 10.1. The number of piperidine rings is 1. The Morgan fingerprint density at radius 1 is 1.48 bits per heavy atom. The number of amides is 1. The van der Waals surface area contributed by atoms with E-state index in [4.69, 9.17) is 16.3 Å². The molecule has 1 aliphatic heterocycles. The SMILES string of the molecule is CCNC(=NCC(C)Oc1ccccc1Cl)NC1CCC(=O)NC1.I. The number of carbonyl (C=O) groups is 1. The molecular formula is C17H26ClIN4O2. The van der Waals surface area contributed by atoms with Crippen LogP contribution in [0.5, 0.6) is 5.75 Å². The van der Waals surface area contributed by atoms with Crippen molar-refractivity contribution in [3.05, 3.63) is 29.3 Å². The Labute approximate surface area is 171 Å². The Hall–Kier alpha value is -1.22. The van der Waals surface area contributed by atoms with Gasteiger partial charge in [0.2, 0.25) is 5.91 Å². The highest BCUT2D eigenvalue weighted by molar-refractivity contribution is 14.0. The van der Waals surface area contributed by atoms with Crippen molar-refractivity contribution in [3.8, 4) is 5.75 Å². The number of rotatable bonds is 6. The van der Waals surface area contributed by atoms with E-state index in [1.807, 2.05) is 32.0 Å². The van der Waals surface area contributed by atoms with E-state index in [1.54, 1.807) is 6.07 Å². The molecule has 1 aliphatic rings. The largest absolute Gasteiger partial charge is 0.487 e. The van der Waals surface area contributed by atoms with Crippen molar-refractivity contribution in [2.24, 2.45) is 4.99 Å². The van der Waals surface area contributed by atoms with Crippen LogP contribution < -0.4 is 20.7 Å². The average Bonchev–Trinajstić information content (AvgIpc) is 2.57. The van der Waals surface area contributed by atoms with Gasteiger partial charge in [-0.05, 0) is 32.4 Å². The van der Waals surface area contributed by atoms with Crippen molar-refractivity contribution in [3.63, 3.8) is 0 Å². The van der Waals surface area contributed by atoms with E-state index in [1.165, 1.54) is 0 Å². The molecule has 0 aromatic heterocycles. The van der Waals surface area contributed by atoms with E-state index in [-0.39, 0.29) is 42.0 Å². The van der Waals surface area contributed by atoms with Crippen LogP contribution in [0.25, 0.3) is 0 Å². The lowest BCUT2D eigenvalue weighted by Gasteiger charge is -2.25. The number of benzene rings is 1. The maximum Gasteiger partial charge on any atom is 0.220 e. The number of nitrogens with zero attached hydrogens (tertiary/aromatic N) is 1. The molecule has 8 heteroatoms. The molecule has 1 fully saturated rings. The second kappa shape index (κ2) is 11.4. The van der Waals surface area contributed by atoms with Gasteiger partial charge in [-0.25, -0.2) is 4.99 Å². The monoisotopic (exact) mass is 480 g/mol. The molecule has 1 aromatic rings. The number of aliphatic imine (C=N–C) groups is 1. The van der Waals surface area contributed by atoms with Crippen molar-refractivity contribution >= 4 is 47.4 Å². The summed E-state index contributed by atoms with van der Waals surface area (Å²) in [4.78, 5) is 15.8. The smallest absolute Gasteiger partial charge is 0.220 e. The molecule has 0 spiro atoms. The number of guanidine groups is 1. The minimum absolute atomic E-state index is 0. The number of halogens is 2. The van der Waals surface area contributed by atoms with Gasteiger partial charge in [-0.2, -0.15) is 0 Å². The van der Waals surface area contributed by atoms with E-state index in [9.17, 15) is 4.79 Å². The van der Waals surface area contributed by atoms with Crippen molar-refractivity contribution in [2.45, 2.75) is 38.8 Å². The van der Waals surface area contributed by atoms with E-state index in [0.717, 1.165) is 18.9 Å². The third kappa shape index (κ3) is 7.68. The second-order valence-electron chi connectivity index (χ2n) is 5.76. The van der Waals surface area contributed by atoms with Crippen LogP contribution in [0.1, 0.15) is 26.7 Å². The summed E-state index contributed by atoms with van der Waals surface area (Å²) in [6, 6.07) is 7.60. The Kier molecular flexibility index (Phi) is 9.96. The van der Waals surface area contributed by atoms with Gasteiger partial charge in [0, 0.05) is 25.6 Å². The predicted molar refractivity (Wildman–Crippen MR) is 112 cm³/mol. The quantitative estimate of drug-likeness (QED) is 0.332. The highest BCUT2D eigenvalue weighted by Crippen LogP contribution is 2.24. The van der Waals surface area contributed by atoms with Crippen molar-refractivity contribution in [1.82, 2.24) is 16.0 Å². The minimum Gasteiger partial charge on any atom is -0.487 e. The zero-order chi connectivity index (χ0) is 17.4. The number of hydrogen-bond acceptors (Lipinski definition) is 3. The van der Waals surface area contributed by atoms with Crippen molar-refractivity contribution < 1.29 is 9.53 Å². The molecule has 0 aliphatic carbocycles. The maximum atomic E-state index is 11.2. The summed E-state index contributed by atoms with van der Waals surface area (Å²) in [5.74, 6) is 1.50. The van der Waals surface area contributed by atoms with Crippen molar-refractivity contribution in [1.29, 1.82) is 0 Å². The van der Waals surface area contributed by atoms with E-state index < -0.39 is 0 Å². The summed E-state index contributed by atoms with van der Waals surface area (Å²) >= 11 is 6.10. The Balaban J connectivity index is 0.00000312. The third-order valence-electron chi connectivity index (χ3n) is 3.62. The summed E-state index contributed by atoms with van der Waals surface area (Å²) in [6.07, 6.45) is 1.25. The van der Waals surface area contributed by atoms with Gasteiger partial charge >= 0.3 is 0 Å². The highest BCUT2D eigenvalue weighted by atomic mass is 127. The molecule has 2 rings (SSSR count). The molecule has 0 saturated carbocycles. The first-order valence-corrected chi connectivity index (χ1v) is 8.69. The van der Waals surface area contributed by atoms with E-state index >= 15 is 0 Å². The lowest BCUT2D eigenvalue weighted by Crippen LogP contribution is -2.51. The molecule has 1 aromatic carbocycles. The highest BCUT2D eigenvalue weighted by Gasteiger charge is 2.18. The number of para-hydroxylation sites is 1. The van der Waals surface area contributed by atoms with Gasteiger partial charge in [-0.15, -0.1) is 24.0 Å². The van der Waals surface area contributed by atoms with Crippen LogP contribution in [0, 0.1) is 0 Å². The average molecular weight is 481 g/mol. The summed E-state index contributed by atoms with van der Waals surface area (Å²) in [5, 5.41) is 10.0. The topological polar surface area (TPSA) is 74.8 Å². The minimum atomic E-state index is -0.105. The summed E-state index contributed by atoms with van der Waals surface area (Å²) < 4.78 is 5.83. The second-order valence-corrected chi connectivity index (χ2v) is 6.17. The van der Waals surface area contributed by atoms with Gasteiger partial charge in [0.05, 0.1) is 11.6 Å². The fourth-order valence-electron chi connectivity index (χ4n) is 2.38. The van der Waals surface area contributed by atoms with Gasteiger partial charge < -0.3 is 20.7 Å². The molecular weight excluding hydrogens is 455 g/mol. The normalized spacial score (nSPS) is 18.6. The molecule has 1 saturated heterocycles. The first kappa shape index (κ1) is 21.8. The molecule has 140 valence electrons. The van der Waals surface area contributed by atoms with Crippen LogP contribution in [-0.4, -0.2) is 43.6 Å². The zero-order valence-corrected chi connectivity index (χ0v) is 17.6. The molecule has 0 bridgehead atoms. The predicted octanol–water partition coefficient (Wildman–Crippen LogP) is 2.56. The fraction of sp³-hybridized carbons (Fsp3) is 0.529. The molecule has 3 N–H and O–H groups in total. The zero-order valence-electron chi connectivity index (χ0n) is 14.5. The van der Waals surface area contributed by atoms with Crippen molar-refractivity contribution in [2.75, 3.05) is 19.6 Å². The lowest BCUT2D eigenvalue weighted by molar-refractivity contribution is -0.122. The first-order chi connectivity index (χ1) is 11.6. The molecule has 6 nitrogen and oxygen atoms in total. The number of ether oxygens (including phenoxy) is 1.